The summed E-state index contributed by atoms with van der Waals surface area (Å²) in [5.74, 6) is 0.845. The van der Waals surface area contributed by atoms with Gasteiger partial charge in [-0.1, -0.05) is 13.0 Å². The maximum absolute atomic E-state index is 12.3. The van der Waals surface area contributed by atoms with E-state index in [2.05, 4.69) is 0 Å². The van der Waals surface area contributed by atoms with Crippen LogP contribution in [0.3, 0.4) is 0 Å². The average Bonchev–Trinajstić information content (AvgIpc) is 2.37. The molecule has 104 valence electrons. The van der Waals surface area contributed by atoms with Gasteiger partial charge < -0.3 is 15.4 Å². The molecule has 2 atom stereocenters. The molecule has 0 radical (unpaired) electrons. The van der Waals surface area contributed by atoms with Crippen molar-refractivity contribution in [3.05, 3.63) is 23.8 Å². The second-order valence-corrected chi connectivity index (χ2v) is 5.08. The summed E-state index contributed by atoms with van der Waals surface area (Å²) in [6.45, 7) is 6.59. The number of nitrogens with zero attached hydrogens (tertiary/aromatic N) is 1. The number of hydrogen-bond donors (Lipinski definition) is 1. The standard InChI is InChI=1S/C15H22N2O2/c1-4-13-15(18)17(5-2)12-9-11(8-10(3)16)6-7-14(12)19-13/h6-7,9-10,13H,4-5,8,16H2,1-3H3. The zero-order chi connectivity index (χ0) is 14.0. The van der Waals surface area contributed by atoms with Crippen LogP contribution < -0.4 is 15.4 Å². The zero-order valence-electron chi connectivity index (χ0n) is 11.8. The van der Waals surface area contributed by atoms with Gasteiger partial charge in [-0.15, -0.1) is 0 Å². The lowest BCUT2D eigenvalue weighted by Gasteiger charge is -2.33. The van der Waals surface area contributed by atoms with Gasteiger partial charge in [0.1, 0.15) is 5.75 Å². The van der Waals surface area contributed by atoms with Gasteiger partial charge in [-0.3, -0.25) is 4.79 Å². The smallest absolute Gasteiger partial charge is 0.268 e. The number of nitrogens with two attached hydrogens (primary N) is 1. The van der Waals surface area contributed by atoms with E-state index in [0.717, 1.165) is 23.4 Å². The van der Waals surface area contributed by atoms with Crippen molar-refractivity contribution in [1.29, 1.82) is 0 Å². The van der Waals surface area contributed by atoms with Gasteiger partial charge in [0.05, 0.1) is 5.69 Å². The van der Waals surface area contributed by atoms with Gasteiger partial charge >= 0.3 is 0 Å². The summed E-state index contributed by atoms with van der Waals surface area (Å²) in [6, 6.07) is 6.10. The molecule has 19 heavy (non-hydrogen) atoms. The van der Waals surface area contributed by atoms with Crippen LogP contribution in [0, 0.1) is 0 Å². The van der Waals surface area contributed by atoms with Gasteiger partial charge in [0.15, 0.2) is 6.10 Å². The lowest BCUT2D eigenvalue weighted by Crippen LogP contribution is -2.45. The number of rotatable bonds is 4. The van der Waals surface area contributed by atoms with Crippen molar-refractivity contribution in [2.75, 3.05) is 11.4 Å². The second-order valence-electron chi connectivity index (χ2n) is 5.08. The minimum atomic E-state index is -0.355. The van der Waals surface area contributed by atoms with Crippen molar-refractivity contribution in [1.82, 2.24) is 0 Å². The molecule has 1 amide bonds. The van der Waals surface area contributed by atoms with Gasteiger partial charge in [-0.25, -0.2) is 0 Å². The first-order valence-electron chi connectivity index (χ1n) is 6.93. The third-order valence-corrected chi connectivity index (χ3v) is 3.37. The largest absolute Gasteiger partial charge is 0.478 e. The van der Waals surface area contributed by atoms with Gasteiger partial charge in [-0.05, 0) is 44.4 Å². The van der Waals surface area contributed by atoms with Crippen LogP contribution in [0.1, 0.15) is 32.8 Å². The average molecular weight is 262 g/mol. The Morgan fingerprint density at radius 1 is 1.42 bits per heavy atom. The van der Waals surface area contributed by atoms with Crippen molar-refractivity contribution in [3.63, 3.8) is 0 Å². The van der Waals surface area contributed by atoms with E-state index in [-0.39, 0.29) is 18.1 Å². The molecule has 1 aromatic carbocycles. The number of amides is 1. The molecule has 1 heterocycles. The fourth-order valence-corrected chi connectivity index (χ4v) is 2.45. The Morgan fingerprint density at radius 2 is 2.16 bits per heavy atom. The van der Waals surface area contributed by atoms with Gasteiger partial charge in [0.25, 0.3) is 5.91 Å². The molecule has 1 aromatic rings. The van der Waals surface area contributed by atoms with Crippen LogP contribution in [0.5, 0.6) is 5.75 Å². The SMILES string of the molecule is CCC1Oc2ccc(CC(C)N)cc2N(CC)C1=O. The Labute approximate surface area is 114 Å². The fraction of sp³-hybridized carbons (Fsp3) is 0.533. The highest BCUT2D eigenvalue weighted by Crippen LogP contribution is 2.35. The molecule has 1 aliphatic heterocycles. The number of likely N-dealkylation sites (N-methyl/N-ethyl adjacent to an activating group) is 1. The minimum absolute atomic E-state index is 0.0513. The van der Waals surface area contributed by atoms with Crippen LogP contribution in [-0.4, -0.2) is 24.6 Å². The molecular formula is C15H22N2O2. The first-order chi connectivity index (χ1) is 9.06. The lowest BCUT2D eigenvalue weighted by molar-refractivity contribution is -0.126. The van der Waals surface area contributed by atoms with Gasteiger partial charge in [-0.2, -0.15) is 0 Å². The van der Waals surface area contributed by atoms with Crippen molar-refractivity contribution >= 4 is 11.6 Å². The molecule has 2 unspecified atom stereocenters. The van der Waals surface area contributed by atoms with E-state index < -0.39 is 0 Å². The zero-order valence-corrected chi connectivity index (χ0v) is 11.8. The number of ether oxygens (including phenoxy) is 1. The molecular weight excluding hydrogens is 240 g/mol. The molecule has 0 saturated carbocycles. The van der Waals surface area contributed by atoms with E-state index in [1.165, 1.54) is 0 Å². The highest BCUT2D eigenvalue weighted by Gasteiger charge is 2.32. The van der Waals surface area contributed by atoms with Crippen molar-refractivity contribution < 1.29 is 9.53 Å². The van der Waals surface area contributed by atoms with Gasteiger partial charge in [0, 0.05) is 12.6 Å². The van der Waals surface area contributed by atoms with Crippen LogP contribution in [0.2, 0.25) is 0 Å². The molecule has 0 saturated heterocycles. The fourth-order valence-electron chi connectivity index (χ4n) is 2.45. The summed E-state index contributed by atoms with van der Waals surface area (Å²) < 4.78 is 5.76. The maximum Gasteiger partial charge on any atom is 0.268 e. The van der Waals surface area contributed by atoms with Gasteiger partial charge in [0.2, 0.25) is 0 Å². The number of hydrogen-bond acceptors (Lipinski definition) is 3. The number of anilines is 1. The molecule has 0 aliphatic carbocycles. The number of carbonyl (C=O) groups is 1. The summed E-state index contributed by atoms with van der Waals surface area (Å²) in [5.41, 5.74) is 7.83. The predicted molar refractivity (Wildman–Crippen MR) is 76.5 cm³/mol. The first-order valence-corrected chi connectivity index (χ1v) is 6.93. The van der Waals surface area contributed by atoms with Crippen LogP contribution in [0.25, 0.3) is 0 Å². The van der Waals surface area contributed by atoms with Crippen LogP contribution >= 0.6 is 0 Å². The summed E-state index contributed by atoms with van der Waals surface area (Å²) in [4.78, 5) is 14.1. The van der Waals surface area contributed by atoms with Crippen molar-refractivity contribution in [2.24, 2.45) is 5.73 Å². The monoisotopic (exact) mass is 262 g/mol. The van der Waals surface area contributed by atoms with E-state index in [4.69, 9.17) is 10.5 Å². The summed E-state index contributed by atoms with van der Waals surface area (Å²) in [5, 5.41) is 0. The maximum atomic E-state index is 12.3. The van der Waals surface area contributed by atoms with E-state index in [1.54, 1.807) is 4.90 Å². The third kappa shape index (κ3) is 2.73. The normalized spacial score (nSPS) is 19.9. The lowest BCUT2D eigenvalue weighted by atomic mass is 10.0. The molecule has 0 spiro atoms. The van der Waals surface area contributed by atoms with Crippen LogP contribution in [0.4, 0.5) is 5.69 Å². The number of fused-ring (bicyclic) bond motifs is 1. The molecule has 0 aromatic heterocycles. The second kappa shape index (κ2) is 5.61. The quantitative estimate of drug-likeness (QED) is 0.904. The predicted octanol–water partition coefficient (Wildman–Crippen LogP) is 2.10. The van der Waals surface area contributed by atoms with E-state index in [0.29, 0.717) is 13.0 Å². The Kier molecular flexibility index (Phi) is 4.10. The van der Waals surface area contributed by atoms with Crippen LogP contribution in [0.15, 0.2) is 18.2 Å². The third-order valence-electron chi connectivity index (χ3n) is 3.37. The molecule has 2 N–H and O–H groups in total. The molecule has 4 nitrogen and oxygen atoms in total. The Hall–Kier alpha value is -1.55. The Morgan fingerprint density at radius 3 is 2.74 bits per heavy atom. The summed E-state index contributed by atoms with van der Waals surface area (Å²) in [6.07, 6.45) is 1.14. The van der Waals surface area contributed by atoms with Crippen molar-refractivity contribution in [3.8, 4) is 5.75 Å². The molecule has 2 rings (SSSR count). The van der Waals surface area contributed by atoms with E-state index >= 15 is 0 Å². The summed E-state index contributed by atoms with van der Waals surface area (Å²) in [7, 11) is 0. The van der Waals surface area contributed by atoms with E-state index in [1.807, 2.05) is 39.0 Å². The first kappa shape index (κ1) is 13.9. The van der Waals surface area contributed by atoms with Crippen molar-refractivity contribution in [2.45, 2.75) is 45.8 Å². The summed E-state index contributed by atoms with van der Waals surface area (Å²) >= 11 is 0. The Bertz CT molecular complexity index is 471. The molecule has 4 heteroatoms. The molecule has 1 aliphatic rings. The highest BCUT2D eigenvalue weighted by molar-refractivity contribution is 6.00. The molecule has 0 bridgehead atoms. The molecule has 0 fully saturated rings. The minimum Gasteiger partial charge on any atom is -0.478 e. The highest BCUT2D eigenvalue weighted by atomic mass is 16.5. The topological polar surface area (TPSA) is 55.6 Å². The Balaban J connectivity index is 2.37. The van der Waals surface area contributed by atoms with E-state index in [9.17, 15) is 4.79 Å². The number of carbonyl (C=O) groups excluding carboxylic acids is 1. The number of benzene rings is 1. The van der Waals surface area contributed by atoms with Crippen LogP contribution in [-0.2, 0) is 11.2 Å².